The topological polar surface area (TPSA) is 30.5 Å². The molecular formula is C15H14ClF2NO2. The van der Waals surface area contributed by atoms with Crippen LogP contribution in [0.25, 0.3) is 0 Å². The van der Waals surface area contributed by atoms with Gasteiger partial charge in [0.05, 0.1) is 12.1 Å². The average molecular weight is 314 g/mol. The quantitative estimate of drug-likeness (QED) is 0.848. The van der Waals surface area contributed by atoms with Gasteiger partial charge in [0.15, 0.2) is 0 Å². The molecule has 0 bridgehead atoms. The second-order valence-corrected chi connectivity index (χ2v) is 4.63. The molecule has 0 unspecified atom stereocenters. The Kier molecular flexibility index (Phi) is 5.22. The first-order valence-electron chi connectivity index (χ1n) is 6.19. The predicted molar refractivity (Wildman–Crippen MR) is 78.4 cm³/mol. The number of hydrogen-bond donors (Lipinski definition) is 1. The molecule has 0 aliphatic heterocycles. The second-order valence-electron chi connectivity index (χ2n) is 4.23. The Morgan fingerprint density at radius 1 is 1.14 bits per heavy atom. The van der Waals surface area contributed by atoms with Crippen LogP contribution in [0.2, 0.25) is 5.02 Å². The van der Waals surface area contributed by atoms with Crippen molar-refractivity contribution >= 4 is 17.3 Å². The number of alkyl halides is 2. The summed E-state index contributed by atoms with van der Waals surface area (Å²) in [4.78, 5) is 0. The first kappa shape index (κ1) is 15.4. The largest absolute Gasteiger partial charge is 0.495 e. The van der Waals surface area contributed by atoms with Crippen molar-refractivity contribution in [1.29, 1.82) is 0 Å². The molecule has 0 aromatic heterocycles. The lowest BCUT2D eigenvalue weighted by atomic mass is 10.2. The van der Waals surface area contributed by atoms with Gasteiger partial charge in [0, 0.05) is 18.3 Å². The zero-order valence-electron chi connectivity index (χ0n) is 11.3. The molecular weight excluding hydrogens is 300 g/mol. The van der Waals surface area contributed by atoms with Crippen molar-refractivity contribution < 1.29 is 18.3 Å². The molecule has 2 aromatic carbocycles. The Morgan fingerprint density at radius 2 is 1.86 bits per heavy atom. The number of nitrogens with one attached hydrogen (secondary N) is 1. The van der Waals surface area contributed by atoms with E-state index in [9.17, 15) is 8.78 Å². The molecule has 2 rings (SSSR count). The van der Waals surface area contributed by atoms with Gasteiger partial charge >= 0.3 is 6.61 Å². The molecule has 0 fully saturated rings. The third-order valence-electron chi connectivity index (χ3n) is 2.80. The Hall–Kier alpha value is -2.01. The summed E-state index contributed by atoms with van der Waals surface area (Å²) in [7, 11) is 1.55. The van der Waals surface area contributed by atoms with Gasteiger partial charge in [-0.25, -0.2) is 0 Å². The van der Waals surface area contributed by atoms with Gasteiger partial charge < -0.3 is 14.8 Å². The van der Waals surface area contributed by atoms with E-state index < -0.39 is 6.61 Å². The monoisotopic (exact) mass is 313 g/mol. The highest BCUT2D eigenvalue weighted by atomic mass is 35.5. The van der Waals surface area contributed by atoms with E-state index >= 15 is 0 Å². The van der Waals surface area contributed by atoms with E-state index in [0.29, 0.717) is 17.3 Å². The van der Waals surface area contributed by atoms with Crippen LogP contribution in [0.3, 0.4) is 0 Å². The fourth-order valence-electron chi connectivity index (χ4n) is 1.76. The molecule has 0 heterocycles. The molecule has 0 atom stereocenters. The summed E-state index contributed by atoms with van der Waals surface area (Å²) in [6, 6.07) is 11.8. The fraction of sp³-hybridized carbons (Fsp3) is 0.200. The molecule has 6 heteroatoms. The van der Waals surface area contributed by atoms with Gasteiger partial charge in [-0.2, -0.15) is 8.78 Å². The summed E-state index contributed by atoms with van der Waals surface area (Å²) in [6.45, 7) is -2.27. The van der Waals surface area contributed by atoms with Crippen LogP contribution in [0, 0.1) is 0 Å². The highest BCUT2D eigenvalue weighted by Crippen LogP contribution is 2.27. The van der Waals surface area contributed by atoms with Crippen LogP contribution in [0.5, 0.6) is 11.5 Å². The van der Waals surface area contributed by atoms with Gasteiger partial charge in [0.25, 0.3) is 0 Å². The first-order chi connectivity index (χ1) is 10.1. The lowest BCUT2D eigenvalue weighted by molar-refractivity contribution is -0.0498. The van der Waals surface area contributed by atoms with Crippen LogP contribution in [0.4, 0.5) is 14.5 Å². The van der Waals surface area contributed by atoms with Crippen LogP contribution in [0.1, 0.15) is 5.56 Å². The van der Waals surface area contributed by atoms with Gasteiger partial charge in [-0.15, -0.1) is 0 Å². The minimum Gasteiger partial charge on any atom is -0.495 e. The molecule has 0 saturated heterocycles. The maximum atomic E-state index is 12.0. The summed E-state index contributed by atoms with van der Waals surface area (Å²) in [6.07, 6.45) is 0. The Bertz CT molecular complexity index is 591. The number of methoxy groups -OCH3 is 1. The van der Waals surface area contributed by atoms with Gasteiger partial charge in [-0.3, -0.25) is 0 Å². The minimum atomic E-state index is -2.81. The van der Waals surface area contributed by atoms with Crippen LogP contribution in [-0.4, -0.2) is 13.7 Å². The maximum Gasteiger partial charge on any atom is 0.387 e. The van der Waals surface area contributed by atoms with Crippen LogP contribution in [0.15, 0.2) is 42.5 Å². The van der Waals surface area contributed by atoms with Crippen molar-refractivity contribution in [3.05, 3.63) is 53.1 Å². The normalized spacial score (nSPS) is 10.5. The average Bonchev–Trinajstić information content (AvgIpc) is 2.47. The van der Waals surface area contributed by atoms with Crippen LogP contribution in [-0.2, 0) is 6.54 Å². The van der Waals surface area contributed by atoms with E-state index in [1.807, 2.05) is 6.07 Å². The van der Waals surface area contributed by atoms with E-state index in [-0.39, 0.29) is 5.75 Å². The number of hydrogen-bond acceptors (Lipinski definition) is 3. The fourth-order valence-corrected chi connectivity index (χ4v) is 1.96. The van der Waals surface area contributed by atoms with E-state index in [2.05, 4.69) is 10.1 Å². The highest BCUT2D eigenvalue weighted by Gasteiger charge is 2.04. The smallest absolute Gasteiger partial charge is 0.387 e. The first-order valence-corrected chi connectivity index (χ1v) is 6.57. The van der Waals surface area contributed by atoms with Crippen molar-refractivity contribution in [2.24, 2.45) is 0 Å². The Labute approximate surface area is 126 Å². The molecule has 2 aromatic rings. The summed E-state index contributed by atoms with van der Waals surface area (Å²) in [5.74, 6) is 0.726. The predicted octanol–water partition coefficient (Wildman–Crippen LogP) is 4.56. The molecule has 0 radical (unpaired) electrons. The lowest BCUT2D eigenvalue weighted by Crippen LogP contribution is -2.03. The molecule has 0 spiro atoms. The standard InChI is InChI=1S/C15H14ClF2NO2/c1-20-14-8-11(4-7-13(14)16)19-9-10-2-5-12(6-3-10)21-15(17)18/h2-8,15,19H,9H2,1H3. The zero-order valence-corrected chi connectivity index (χ0v) is 12.0. The van der Waals surface area contributed by atoms with Gasteiger partial charge in [-0.05, 0) is 29.8 Å². The molecule has 1 N–H and O–H groups in total. The van der Waals surface area contributed by atoms with Crippen molar-refractivity contribution in [2.45, 2.75) is 13.2 Å². The van der Waals surface area contributed by atoms with Gasteiger partial charge in [-0.1, -0.05) is 23.7 Å². The Morgan fingerprint density at radius 3 is 2.48 bits per heavy atom. The number of halogens is 3. The molecule has 0 aliphatic rings. The van der Waals surface area contributed by atoms with Crippen molar-refractivity contribution in [1.82, 2.24) is 0 Å². The van der Waals surface area contributed by atoms with E-state index in [1.165, 1.54) is 12.1 Å². The number of ether oxygens (including phenoxy) is 2. The van der Waals surface area contributed by atoms with Crippen molar-refractivity contribution in [3.8, 4) is 11.5 Å². The zero-order chi connectivity index (χ0) is 15.2. The highest BCUT2D eigenvalue weighted by molar-refractivity contribution is 6.32. The maximum absolute atomic E-state index is 12.0. The van der Waals surface area contributed by atoms with Crippen LogP contribution >= 0.6 is 11.6 Å². The molecule has 0 amide bonds. The summed E-state index contributed by atoms with van der Waals surface area (Å²) in [5, 5.41) is 3.73. The van der Waals surface area contributed by atoms with Crippen LogP contribution < -0.4 is 14.8 Å². The van der Waals surface area contributed by atoms with Crippen molar-refractivity contribution in [2.75, 3.05) is 12.4 Å². The third-order valence-corrected chi connectivity index (χ3v) is 3.11. The number of rotatable bonds is 6. The molecule has 112 valence electrons. The summed E-state index contributed by atoms with van der Waals surface area (Å²) in [5.41, 5.74) is 1.79. The van der Waals surface area contributed by atoms with E-state index in [0.717, 1.165) is 11.3 Å². The summed E-state index contributed by atoms with van der Waals surface area (Å²) < 4.78 is 33.5. The van der Waals surface area contributed by atoms with Gasteiger partial charge in [0.1, 0.15) is 11.5 Å². The molecule has 21 heavy (non-hydrogen) atoms. The molecule has 0 saturated carbocycles. The molecule has 3 nitrogen and oxygen atoms in total. The van der Waals surface area contributed by atoms with E-state index in [1.54, 1.807) is 31.4 Å². The Balaban J connectivity index is 1.96. The molecule has 0 aliphatic carbocycles. The third kappa shape index (κ3) is 4.49. The van der Waals surface area contributed by atoms with E-state index in [4.69, 9.17) is 16.3 Å². The van der Waals surface area contributed by atoms with Crippen molar-refractivity contribution in [3.63, 3.8) is 0 Å². The number of benzene rings is 2. The minimum absolute atomic E-state index is 0.141. The SMILES string of the molecule is COc1cc(NCc2ccc(OC(F)F)cc2)ccc1Cl. The second kappa shape index (κ2) is 7.13. The lowest BCUT2D eigenvalue weighted by Gasteiger charge is -2.10. The summed E-state index contributed by atoms with van der Waals surface area (Å²) >= 11 is 5.94. The van der Waals surface area contributed by atoms with Gasteiger partial charge in [0.2, 0.25) is 0 Å². The number of anilines is 1.